The second-order valence-corrected chi connectivity index (χ2v) is 5.23. The number of halogens is 1. The molecule has 5 heteroatoms. The Labute approximate surface area is 123 Å². The van der Waals surface area contributed by atoms with Crippen LogP contribution in [0.2, 0.25) is 0 Å². The Balaban J connectivity index is 2.06. The quantitative estimate of drug-likeness (QED) is 0.802. The van der Waals surface area contributed by atoms with Crippen LogP contribution in [0, 0.1) is 5.82 Å². The lowest BCUT2D eigenvalue weighted by Crippen LogP contribution is -2.38. The normalized spacial score (nSPS) is 18.4. The van der Waals surface area contributed by atoms with Crippen molar-refractivity contribution in [2.75, 3.05) is 13.7 Å². The minimum absolute atomic E-state index is 0.0236. The number of carbonyl (C=O) groups excluding carboxylic acids is 2. The van der Waals surface area contributed by atoms with E-state index in [1.54, 1.807) is 17.0 Å². The number of nitrogens with zero attached hydrogens (tertiary/aromatic N) is 1. The third-order valence-corrected chi connectivity index (χ3v) is 3.85. The van der Waals surface area contributed by atoms with Gasteiger partial charge in [-0.05, 0) is 37.0 Å². The predicted octanol–water partition coefficient (Wildman–Crippen LogP) is 2.83. The topological polar surface area (TPSA) is 46.6 Å². The van der Waals surface area contributed by atoms with Gasteiger partial charge in [0, 0.05) is 13.0 Å². The molecule has 21 heavy (non-hydrogen) atoms. The molecule has 1 fully saturated rings. The number of hydrogen-bond acceptors (Lipinski definition) is 3. The van der Waals surface area contributed by atoms with Crippen LogP contribution in [0.5, 0.6) is 0 Å². The summed E-state index contributed by atoms with van der Waals surface area (Å²) in [4.78, 5) is 25.3. The van der Waals surface area contributed by atoms with E-state index in [4.69, 9.17) is 0 Å². The van der Waals surface area contributed by atoms with Gasteiger partial charge >= 0.3 is 5.97 Å². The van der Waals surface area contributed by atoms with Crippen molar-refractivity contribution in [3.05, 3.63) is 35.6 Å². The number of ether oxygens (including phenoxy) is 1. The largest absolute Gasteiger partial charge is 0.469 e. The van der Waals surface area contributed by atoms with Crippen molar-refractivity contribution in [3.8, 4) is 0 Å². The fraction of sp³-hybridized carbons (Fsp3) is 0.500. The summed E-state index contributed by atoms with van der Waals surface area (Å²) < 4.78 is 17.6. The number of hydrogen-bond donors (Lipinski definition) is 0. The van der Waals surface area contributed by atoms with Crippen molar-refractivity contribution in [1.82, 2.24) is 4.90 Å². The molecule has 1 saturated heterocycles. The lowest BCUT2D eigenvalue weighted by Gasteiger charge is -2.36. The Morgan fingerprint density at radius 2 is 1.95 bits per heavy atom. The van der Waals surface area contributed by atoms with Crippen molar-refractivity contribution < 1.29 is 18.7 Å². The first-order valence-electron chi connectivity index (χ1n) is 7.23. The molecule has 0 unspecified atom stereocenters. The molecule has 1 atom stereocenters. The lowest BCUT2D eigenvalue weighted by atomic mass is 9.94. The van der Waals surface area contributed by atoms with Crippen LogP contribution in [-0.2, 0) is 14.3 Å². The molecule has 4 nitrogen and oxygen atoms in total. The van der Waals surface area contributed by atoms with Crippen LogP contribution in [0.3, 0.4) is 0 Å². The van der Waals surface area contributed by atoms with Gasteiger partial charge in [0.15, 0.2) is 0 Å². The van der Waals surface area contributed by atoms with Crippen molar-refractivity contribution in [2.24, 2.45) is 0 Å². The number of likely N-dealkylation sites (tertiary alicyclic amines) is 1. The molecule has 0 aromatic heterocycles. The van der Waals surface area contributed by atoms with Gasteiger partial charge in [0.05, 0.1) is 19.6 Å². The molecule has 1 amide bonds. The number of benzene rings is 1. The highest BCUT2D eigenvalue weighted by molar-refractivity contribution is 5.81. The summed E-state index contributed by atoms with van der Waals surface area (Å²) in [6.45, 7) is 0.683. The smallest absolute Gasteiger partial charge is 0.306 e. The first-order valence-corrected chi connectivity index (χ1v) is 7.23. The van der Waals surface area contributed by atoms with Crippen LogP contribution in [0.25, 0.3) is 0 Å². The predicted molar refractivity (Wildman–Crippen MR) is 76.0 cm³/mol. The van der Waals surface area contributed by atoms with E-state index < -0.39 is 0 Å². The van der Waals surface area contributed by atoms with Gasteiger partial charge in [0.1, 0.15) is 5.82 Å². The minimum atomic E-state index is -0.376. The summed E-state index contributed by atoms with van der Waals surface area (Å²) in [5, 5.41) is 0. The fourth-order valence-electron chi connectivity index (χ4n) is 2.72. The molecule has 0 saturated carbocycles. The molecular formula is C16H20FNO3. The summed E-state index contributed by atoms with van der Waals surface area (Å²) in [5.41, 5.74) is 0.947. The maximum absolute atomic E-state index is 13.0. The summed E-state index contributed by atoms with van der Waals surface area (Å²) in [6.07, 6.45) is 3.13. The van der Waals surface area contributed by atoms with E-state index in [2.05, 4.69) is 4.74 Å². The Hall–Kier alpha value is -1.91. The average Bonchev–Trinajstić information content (AvgIpc) is 2.53. The number of amides is 1. The molecule has 2 rings (SSSR count). The summed E-state index contributed by atoms with van der Waals surface area (Å²) >= 11 is 0. The molecule has 1 aliphatic heterocycles. The third-order valence-electron chi connectivity index (χ3n) is 3.85. The Morgan fingerprint density at radius 3 is 2.62 bits per heavy atom. The maximum Gasteiger partial charge on any atom is 0.306 e. The van der Waals surface area contributed by atoms with E-state index >= 15 is 0 Å². The van der Waals surface area contributed by atoms with Gasteiger partial charge in [-0.25, -0.2) is 4.39 Å². The van der Waals surface area contributed by atoms with Gasteiger partial charge in [-0.3, -0.25) is 9.59 Å². The minimum Gasteiger partial charge on any atom is -0.469 e. The van der Waals surface area contributed by atoms with E-state index in [0.29, 0.717) is 6.54 Å². The molecule has 1 aromatic carbocycles. The van der Waals surface area contributed by atoms with Gasteiger partial charge in [-0.15, -0.1) is 0 Å². The van der Waals surface area contributed by atoms with E-state index in [1.165, 1.54) is 19.2 Å². The Bertz CT molecular complexity index is 501. The summed E-state index contributed by atoms with van der Waals surface area (Å²) in [7, 11) is 1.31. The van der Waals surface area contributed by atoms with Crippen molar-refractivity contribution in [1.29, 1.82) is 0 Å². The van der Waals surface area contributed by atoms with E-state index in [9.17, 15) is 14.0 Å². The standard InChI is InChI=1S/C16H20FNO3/c1-21-16(20)10-9-15(19)18-11-3-2-4-14(18)12-5-7-13(17)8-6-12/h5-8,14H,2-4,9-11H2,1H3/t14-/m0/s1. The van der Waals surface area contributed by atoms with Gasteiger partial charge in [-0.1, -0.05) is 12.1 Å². The number of rotatable bonds is 4. The molecule has 1 aromatic rings. The molecule has 0 aliphatic carbocycles. The Morgan fingerprint density at radius 1 is 1.24 bits per heavy atom. The monoisotopic (exact) mass is 293 g/mol. The molecule has 0 N–H and O–H groups in total. The van der Waals surface area contributed by atoms with Gasteiger partial charge < -0.3 is 9.64 Å². The highest BCUT2D eigenvalue weighted by Gasteiger charge is 2.28. The number of methoxy groups -OCH3 is 1. The van der Waals surface area contributed by atoms with Crippen LogP contribution in [0.4, 0.5) is 4.39 Å². The van der Waals surface area contributed by atoms with Crippen molar-refractivity contribution >= 4 is 11.9 Å². The third kappa shape index (κ3) is 4.03. The zero-order valence-corrected chi connectivity index (χ0v) is 12.2. The van der Waals surface area contributed by atoms with Crippen LogP contribution in [-0.4, -0.2) is 30.4 Å². The number of esters is 1. The van der Waals surface area contributed by atoms with Gasteiger partial charge in [0.25, 0.3) is 0 Å². The van der Waals surface area contributed by atoms with Crippen LogP contribution >= 0.6 is 0 Å². The zero-order valence-electron chi connectivity index (χ0n) is 12.2. The van der Waals surface area contributed by atoms with E-state index in [0.717, 1.165) is 24.8 Å². The molecular weight excluding hydrogens is 273 g/mol. The maximum atomic E-state index is 13.0. The molecule has 114 valence electrons. The zero-order chi connectivity index (χ0) is 15.2. The SMILES string of the molecule is COC(=O)CCC(=O)N1CCCC[C@H]1c1ccc(F)cc1. The molecule has 0 spiro atoms. The highest BCUT2D eigenvalue weighted by Crippen LogP contribution is 2.31. The Kier molecular flexibility index (Phi) is 5.31. The van der Waals surface area contributed by atoms with Gasteiger partial charge in [-0.2, -0.15) is 0 Å². The second-order valence-electron chi connectivity index (χ2n) is 5.23. The molecule has 0 radical (unpaired) electrons. The summed E-state index contributed by atoms with van der Waals surface area (Å²) in [6, 6.07) is 6.27. The lowest BCUT2D eigenvalue weighted by molar-refractivity contribution is -0.144. The summed E-state index contributed by atoms with van der Waals surface area (Å²) in [5.74, 6) is -0.703. The fourth-order valence-corrected chi connectivity index (χ4v) is 2.72. The van der Waals surface area contributed by atoms with Crippen LogP contribution in [0.1, 0.15) is 43.7 Å². The molecule has 1 aliphatic rings. The van der Waals surface area contributed by atoms with Crippen LogP contribution < -0.4 is 0 Å². The molecule has 0 bridgehead atoms. The first-order chi connectivity index (χ1) is 10.1. The highest BCUT2D eigenvalue weighted by atomic mass is 19.1. The van der Waals surface area contributed by atoms with E-state index in [1.807, 2.05) is 0 Å². The molecule has 1 heterocycles. The second kappa shape index (κ2) is 7.20. The van der Waals surface area contributed by atoms with Gasteiger partial charge in [0.2, 0.25) is 5.91 Å². The van der Waals surface area contributed by atoms with Crippen molar-refractivity contribution in [3.63, 3.8) is 0 Å². The van der Waals surface area contributed by atoms with Crippen LogP contribution in [0.15, 0.2) is 24.3 Å². The average molecular weight is 293 g/mol. The van der Waals surface area contributed by atoms with Crippen molar-refractivity contribution in [2.45, 2.75) is 38.1 Å². The van der Waals surface area contributed by atoms with E-state index in [-0.39, 0.29) is 36.6 Å². The number of carbonyl (C=O) groups is 2. The first kappa shape index (κ1) is 15.5. The number of piperidine rings is 1.